The first-order valence-electron chi connectivity index (χ1n) is 6.68. The maximum absolute atomic E-state index is 12.5. The third-order valence-corrected chi connectivity index (χ3v) is 5.14. The molecule has 2 rings (SSSR count). The molecule has 7 nitrogen and oxygen atoms in total. The van der Waals surface area contributed by atoms with Crippen LogP contribution in [0.4, 0.5) is 5.69 Å². The monoisotopic (exact) mass is 336 g/mol. The molecule has 122 valence electrons. The first-order chi connectivity index (χ1) is 10.8. The predicted molar refractivity (Wildman–Crippen MR) is 84.7 cm³/mol. The van der Waals surface area contributed by atoms with E-state index in [2.05, 4.69) is 0 Å². The van der Waals surface area contributed by atoms with Crippen LogP contribution in [0.15, 0.2) is 53.4 Å². The van der Waals surface area contributed by atoms with Crippen molar-refractivity contribution in [2.24, 2.45) is 0 Å². The molecule has 0 saturated heterocycles. The van der Waals surface area contributed by atoms with Gasteiger partial charge in [-0.25, -0.2) is 8.42 Å². The normalized spacial score (nSPS) is 11.4. The Labute approximate surface area is 134 Å². The molecule has 0 amide bonds. The summed E-state index contributed by atoms with van der Waals surface area (Å²) >= 11 is 0. The van der Waals surface area contributed by atoms with Gasteiger partial charge >= 0.3 is 0 Å². The van der Waals surface area contributed by atoms with Gasteiger partial charge in [-0.3, -0.25) is 10.1 Å². The highest BCUT2D eigenvalue weighted by Crippen LogP contribution is 2.21. The number of nitro groups is 1. The molecule has 0 unspecified atom stereocenters. The molecule has 2 aromatic rings. The van der Waals surface area contributed by atoms with Gasteiger partial charge in [-0.2, -0.15) is 4.31 Å². The van der Waals surface area contributed by atoms with Gasteiger partial charge in [-0.15, -0.1) is 0 Å². The number of nitro benzene ring substituents is 1. The summed E-state index contributed by atoms with van der Waals surface area (Å²) in [4.78, 5) is 10.1. The molecule has 0 aliphatic heterocycles. The van der Waals surface area contributed by atoms with Crippen molar-refractivity contribution in [2.45, 2.75) is 11.4 Å². The number of nitrogens with zero attached hydrogens (tertiary/aromatic N) is 2. The average molecular weight is 336 g/mol. The lowest BCUT2D eigenvalue weighted by atomic mass is 10.2. The molecule has 0 saturated carbocycles. The lowest BCUT2D eigenvalue weighted by Crippen LogP contribution is -2.26. The number of sulfonamides is 1. The first kappa shape index (κ1) is 16.9. The van der Waals surface area contributed by atoms with Crippen LogP contribution in [0.5, 0.6) is 5.75 Å². The van der Waals surface area contributed by atoms with Crippen molar-refractivity contribution in [1.82, 2.24) is 4.31 Å². The topological polar surface area (TPSA) is 89.8 Å². The maximum atomic E-state index is 12.5. The maximum Gasteiger partial charge on any atom is 0.269 e. The summed E-state index contributed by atoms with van der Waals surface area (Å²) in [5.41, 5.74) is 0.653. The molecule has 0 heterocycles. The molecule has 0 aromatic heterocycles. The summed E-state index contributed by atoms with van der Waals surface area (Å²) in [6.45, 7) is 0.184. The Morgan fingerprint density at radius 2 is 1.65 bits per heavy atom. The second kappa shape index (κ2) is 6.76. The summed E-state index contributed by atoms with van der Waals surface area (Å²) in [6, 6.07) is 11.9. The average Bonchev–Trinajstić information content (AvgIpc) is 2.55. The van der Waals surface area contributed by atoms with Crippen LogP contribution >= 0.6 is 0 Å². The molecule has 0 aliphatic rings. The molecule has 23 heavy (non-hydrogen) atoms. The largest absolute Gasteiger partial charge is 0.497 e. The lowest BCUT2D eigenvalue weighted by Gasteiger charge is -2.17. The molecule has 2 aromatic carbocycles. The van der Waals surface area contributed by atoms with Gasteiger partial charge in [0.05, 0.1) is 16.9 Å². The van der Waals surface area contributed by atoms with Gasteiger partial charge in [0.2, 0.25) is 10.0 Å². The molecule has 0 bridgehead atoms. The van der Waals surface area contributed by atoms with Gasteiger partial charge in [0.25, 0.3) is 5.69 Å². The molecule has 0 N–H and O–H groups in total. The Morgan fingerprint density at radius 3 is 2.13 bits per heavy atom. The number of non-ortho nitro benzene ring substituents is 1. The summed E-state index contributed by atoms with van der Waals surface area (Å²) in [6.07, 6.45) is 0. The van der Waals surface area contributed by atoms with Crippen molar-refractivity contribution in [3.63, 3.8) is 0 Å². The quantitative estimate of drug-likeness (QED) is 0.597. The minimum Gasteiger partial charge on any atom is -0.497 e. The first-order valence-corrected chi connectivity index (χ1v) is 8.12. The molecule has 0 aliphatic carbocycles. The fraction of sp³-hybridized carbons (Fsp3) is 0.200. The summed E-state index contributed by atoms with van der Waals surface area (Å²) < 4.78 is 31.2. The van der Waals surface area contributed by atoms with Crippen LogP contribution in [-0.4, -0.2) is 31.8 Å². The van der Waals surface area contributed by atoms with E-state index in [1.807, 2.05) is 0 Å². The number of methoxy groups -OCH3 is 1. The smallest absolute Gasteiger partial charge is 0.269 e. The van der Waals surface area contributed by atoms with E-state index in [4.69, 9.17) is 4.74 Å². The van der Waals surface area contributed by atoms with Gasteiger partial charge < -0.3 is 4.74 Å². The van der Waals surface area contributed by atoms with Gasteiger partial charge in [0.15, 0.2) is 0 Å². The number of hydrogen-bond acceptors (Lipinski definition) is 5. The molecule has 0 spiro atoms. The number of rotatable bonds is 6. The fourth-order valence-corrected chi connectivity index (χ4v) is 3.15. The molecule has 0 radical (unpaired) electrons. The van der Waals surface area contributed by atoms with Gasteiger partial charge in [0.1, 0.15) is 5.75 Å². The zero-order chi connectivity index (χ0) is 17.0. The summed E-state index contributed by atoms with van der Waals surface area (Å²) in [5, 5.41) is 10.6. The van der Waals surface area contributed by atoms with Crippen molar-refractivity contribution >= 4 is 15.7 Å². The van der Waals surface area contributed by atoms with Crippen LogP contribution in [0.2, 0.25) is 0 Å². The Hall–Kier alpha value is -2.45. The molecule has 0 fully saturated rings. The fourth-order valence-electron chi connectivity index (χ4n) is 1.99. The highest BCUT2D eigenvalue weighted by atomic mass is 32.2. The highest BCUT2D eigenvalue weighted by molar-refractivity contribution is 7.89. The number of hydrogen-bond donors (Lipinski definition) is 0. The predicted octanol–water partition coefficient (Wildman–Crippen LogP) is 2.42. The summed E-state index contributed by atoms with van der Waals surface area (Å²) in [5.74, 6) is 0.689. The van der Waals surface area contributed by atoms with E-state index in [-0.39, 0.29) is 17.1 Å². The lowest BCUT2D eigenvalue weighted by molar-refractivity contribution is -0.384. The van der Waals surface area contributed by atoms with Crippen LogP contribution in [0.3, 0.4) is 0 Å². The number of ether oxygens (including phenoxy) is 1. The van der Waals surface area contributed by atoms with E-state index < -0.39 is 14.9 Å². The third kappa shape index (κ3) is 3.85. The third-order valence-electron chi connectivity index (χ3n) is 3.32. The zero-order valence-electron chi connectivity index (χ0n) is 12.7. The Bertz CT molecular complexity index is 786. The van der Waals surface area contributed by atoms with Gasteiger partial charge in [-0.05, 0) is 29.8 Å². The zero-order valence-corrected chi connectivity index (χ0v) is 13.5. The van der Waals surface area contributed by atoms with Crippen LogP contribution in [0.1, 0.15) is 5.56 Å². The Morgan fingerprint density at radius 1 is 1.09 bits per heavy atom. The van der Waals surface area contributed by atoms with E-state index in [9.17, 15) is 18.5 Å². The van der Waals surface area contributed by atoms with E-state index in [0.717, 1.165) is 5.56 Å². The van der Waals surface area contributed by atoms with Crippen molar-refractivity contribution in [3.05, 3.63) is 64.2 Å². The molecular formula is C15H16N2O5S. The highest BCUT2D eigenvalue weighted by Gasteiger charge is 2.21. The van der Waals surface area contributed by atoms with E-state index >= 15 is 0 Å². The Kier molecular flexibility index (Phi) is 4.97. The van der Waals surface area contributed by atoms with Crippen LogP contribution in [0.25, 0.3) is 0 Å². The minimum absolute atomic E-state index is 0.0131. The second-order valence-electron chi connectivity index (χ2n) is 4.86. The van der Waals surface area contributed by atoms with Crippen LogP contribution < -0.4 is 4.74 Å². The van der Waals surface area contributed by atoms with Crippen LogP contribution in [0, 0.1) is 10.1 Å². The minimum atomic E-state index is -3.72. The molecule has 8 heteroatoms. The van der Waals surface area contributed by atoms with Gasteiger partial charge in [-0.1, -0.05) is 12.1 Å². The number of benzene rings is 2. The molecular weight excluding hydrogens is 320 g/mol. The van der Waals surface area contributed by atoms with Crippen molar-refractivity contribution < 1.29 is 18.1 Å². The second-order valence-corrected chi connectivity index (χ2v) is 6.91. The SMILES string of the molecule is COc1ccc(CN(C)S(=O)(=O)c2ccc([N+](=O)[O-])cc2)cc1. The van der Waals surface area contributed by atoms with Crippen molar-refractivity contribution in [1.29, 1.82) is 0 Å². The standard InChI is InChI=1S/C15H16N2O5S/c1-16(11-12-3-7-14(22-2)8-4-12)23(20,21)15-9-5-13(6-10-15)17(18)19/h3-10H,11H2,1-2H3. The van der Waals surface area contributed by atoms with E-state index in [0.29, 0.717) is 5.75 Å². The van der Waals surface area contributed by atoms with E-state index in [1.165, 1.54) is 35.6 Å². The van der Waals surface area contributed by atoms with Crippen LogP contribution in [-0.2, 0) is 16.6 Å². The van der Waals surface area contributed by atoms with Gasteiger partial charge in [0, 0.05) is 25.7 Å². The summed E-state index contributed by atoms with van der Waals surface area (Å²) in [7, 11) is -0.701. The van der Waals surface area contributed by atoms with Crippen molar-refractivity contribution in [3.8, 4) is 5.75 Å². The molecule has 0 atom stereocenters. The van der Waals surface area contributed by atoms with E-state index in [1.54, 1.807) is 31.4 Å². The Balaban J connectivity index is 2.18. The van der Waals surface area contributed by atoms with Crippen molar-refractivity contribution in [2.75, 3.05) is 14.2 Å².